The van der Waals surface area contributed by atoms with Gasteiger partial charge in [-0.05, 0) is 36.7 Å². The SMILES string of the molecule is CCCOCC(NCC)c1cc(F)ccc1Cl. The van der Waals surface area contributed by atoms with E-state index in [4.69, 9.17) is 16.3 Å². The molecule has 0 aromatic heterocycles. The Morgan fingerprint density at radius 3 is 2.82 bits per heavy atom. The molecule has 0 saturated heterocycles. The van der Waals surface area contributed by atoms with Gasteiger partial charge in [-0.3, -0.25) is 0 Å². The van der Waals surface area contributed by atoms with Crippen molar-refractivity contribution in [2.24, 2.45) is 0 Å². The molecule has 0 bridgehead atoms. The lowest BCUT2D eigenvalue weighted by Gasteiger charge is -2.19. The van der Waals surface area contributed by atoms with Crippen molar-refractivity contribution in [3.05, 3.63) is 34.6 Å². The topological polar surface area (TPSA) is 21.3 Å². The van der Waals surface area contributed by atoms with E-state index in [1.807, 2.05) is 6.92 Å². The van der Waals surface area contributed by atoms with E-state index in [1.165, 1.54) is 12.1 Å². The Morgan fingerprint density at radius 1 is 1.41 bits per heavy atom. The molecular weight excluding hydrogens is 241 g/mol. The molecule has 1 N–H and O–H groups in total. The smallest absolute Gasteiger partial charge is 0.123 e. The van der Waals surface area contributed by atoms with Crippen molar-refractivity contribution in [3.63, 3.8) is 0 Å². The normalized spacial score (nSPS) is 12.7. The number of halogens is 2. The zero-order chi connectivity index (χ0) is 12.7. The average molecular weight is 260 g/mol. The predicted octanol–water partition coefficient (Wildman–Crippen LogP) is 3.56. The van der Waals surface area contributed by atoms with Crippen molar-refractivity contribution in [2.45, 2.75) is 26.3 Å². The van der Waals surface area contributed by atoms with Crippen LogP contribution in [0, 0.1) is 5.82 Å². The average Bonchev–Trinajstić information content (AvgIpc) is 2.32. The maximum Gasteiger partial charge on any atom is 0.123 e. The fraction of sp³-hybridized carbons (Fsp3) is 0.538. The molecule has 1 rings (SSSR count). The van der Waals surface area contributed by atoms with Gasteiger partial charge in [-0.2, -0.15) is 0 Å². The number of likely N-dealkylation sites (N-methyl/N-ethyl adjacent to an activating group) is 1. The van der Waals surface area contributed by atoms with Crippen molar-refractivity contribution in [2.75, 3.05) is 19.8 Å². The van der Waals surface area contributed by atoms with Crippen LogP contribution in [0.15, 0.2) is 18.2 Å². The minimum Gasteiger partial charge on any atom is -0.379 e. The molecule has 0 amide bonds. The Bertz CT molecular complexity index is 346. The second-order valence-corrected chi connectivity index (χ2v) is 4.26. The Balaban J connectivity index is 2.77. The van der Waals surface area contributed by atoms with Gasteiger partial charge in [0.1, 0.15) is 5.82 Å². The Kier molecular flexibility index (Phi) is 6.48. The van der Waals surface area contributed by atoms with Gasteiger partial charge >= 0.3 is 0 Å². The molecule has 0 fully saturated rings. The Labute approximate surface area is 107 Å². The number of nitrogens with one attached hydrogen (secondary N) is 1. The number of ether oxygens (including phenoxy) is 1. The third kappa shape index (κ3) is 4.62. The first kappa shape index (κ1) is 14.4. The molecule has 0 heterocycles. The van der Waals surface area contributed by atoms with Crippen LogP contribution in [0.1, 0.15) is 31.9 Å². The van der Waals surface area contributed by atoms with Crippen LogP contribution in [0.3, 0.4) is 0 Å². The Hall–Kier alpha value is -0.640. The van der Waals surface area contributed by atoms with E-state index in [0.717, 1.165) is 18.5 Å². The van der Waals surface area contributed by atoms with Gasteiger partial charge in [-0.1, -0.05) is 25.4 Å². The van der Waals surface area contributed by atoms with E-state index in [9.17, 15) is 4.39 Å². The van der Waals surface area contributed by atoms with Gasteiger partial charge in [0.05, 0.1) is 12.6 Å². The molecule has 0 aliphatic carbocycles. The highest BCUT2D eigenvalue weighted by Crippen LogP contribution is 2.24. The van der Waals surface area contributed by atoms with Gasteiger partial charge in [0.15, 0.2) is 0 Å². The van der Waals surface area contributed by atoms with E-state index < -0.39 is 0 Å². The van der Waals surface area contributed by atoms with Crippen molar-refractivity contribution in [1.29, 1.82) is 0 Å². The van der Waals surface area contributed by atoms with Crippen LogP contribution in [0.2, 0.25) is 5.02 Å². The van der Waals surface area contributed by atoms with Crippen LogP contribution >= 0.6 is 11.6 Å². The molecular formula is C13H19ClFNO. The van der Waals surface area contributed by atoms with Crippen LogP contribution in [-0.2, 0) is 4.74 Å². The minimum atomic E-state index is -0.275. The summed E-state index contributed by atoms with van der Waals surface area (Å²) in [6, 6.07) is 4.35. The molecule has 0 aliphatic rings. The molecule has 4 heteroatoms. The molecule has 0 aliphatic heterocycles. The van der Waals surface area contributed by atoms with E-state index in [2.05, 4.69) is 12.2 Å². The Morgan fingerprint density at radius 2 is 2.18 bits per heavy atom. The largest absolute Gasteiger partial charge is 0.379 e. The summed E-state index contributed by atoms with van der Waals surface area (Å²) in [4.78, 5) is 0. The lowest BCUT2D eigenvalue weighted by molar-refractivity contribution is 0.112. The van der Waals surface area contributed by atoms with E-state index in [0.29, 0.717) is 18.2 Å². The van der Waals surface area contributed by atoms with Crippen LogP contribution in [0.5, 0.6) is 0 Å². The van der Waals surface area contributed by atoms with Crippen molar-refractivity contribution >= 4 is 11.6 Å². The molecule has 96 valence electrons. The number of benzene rings is 1. The van der Waals surface area contributed by atoms with E-state index in [1.54, 1.807) is 6.07 Å². The highest BCUT2D eigenvalue weighted by atomic mass is 35.5. The van der Waals surface area contributed by atoms with E-state index >= 15 is 0 Å². The number of hydrogen-bond donors (Lipinski definition) is 1. The molecule has 2 nitrogen and oxygen atoms in total. The van der Waals surface area contributed by atoms with Gasteiger partial charge in [0.25, 0.3) is 0 Å². The third-order valence-corrected chi connectivity index (χ3v) is 2.76. The first-order valence-corrected chi connectivity index (χ1v) is 6.32. The molecule has 17 heavy (non-hydrogen) atoms. The fourth-order valence-electron chi connectivity index (χ4n) is 1.63. The summed E-state index contributed by atoms with van der Waals surface area (Å²) in [6.07, 6.45) is 0.968. The first-order valence-electron chi connectivity index (χ1n) is 5.95. The van der Waals surface area contributed by atoms with Crippen LogP contribution in [0.4, 0.5) is 4.39 Å². The van der Waals surface area contributed by atoms with Gasteiger partial charge in [-0.15, -0.1) is 0 Å². The van der Waals surface area contributed by atoms with Gasteiger partial charge in [0.2, 0.25) is 0 Å². The summed E-state index contributed by atoms with van der Waals surface area (Å²) in [5.41, 5.74) is 0.754. The van der Waals surface area contributed by atoms with Gasteiger partial charge < -0.3 is 10.1 Å². The second kappa shape index (κ2) is 7.64. The molecule has 1 atom stereocenters. The highest BCUT2D eigenvalue weighted by molar-refractivity contribution is 6.31. The summed E-state index contributed by atoms with van der Waals surface area (Å²) in [6.45, 7) is 6.05. The van der Waals surface area contributed by atoms with Crippen molar-refractivity contribution < 1.29 is 9.13 Å². The first-order chi connectivity index (χ1) is 8.19. The van der Waals surface area contributed by atoms with Gasteiger partial charge in [-0.25, -0.2) is 4.39 Å². The summed E-state index contributed by atoms with van der Waals surface area (Å²) in [5.74, 6) is -0.275. The zero-order valence-electron chi connectivity index (χ0n) is 10.3. The lowest BCUT2D eigenvalue weighted by atomic mass is 10.1. The summed E-state index contributed by atoms with van der Waals surface area (Å²) < 4.78 is 18.7. The third-order valence-electron chi connectivity index (χ3n) is 2.42. The summed E-state index contributed by atoms with van der Waals surface area (Å²) in [7, 11) is 0. The van der Waals surface area contributed by atoms with Crippen LogP contribution in [0.25, 0.3) is 0 Å². The summed E-state index contributed by atoms with van der Waals surface area (Å²) >= 11 is 6.08. The second-order valence-electron chi connectivity index (χ2n) is 3.85. The summed E-state index contributed by atoms with van der Waals surface area (Å²) in [5, 5.41) is 3.82. The van der Waals surface area contributed by atoms with Crippen LogP contribution in [-0.4, -0.2) is 19.8 Å². The number of hydrogen-bond acceptors (Lipinski definition) is 2. The van der Waals surface area contributed by atoms with Crippen molar-refractivity contribution in [1.82, 2.24) is 5.32 Å². The molecule has 0 saturated carbocycles. The van der Waals surface area contributed by atoms with Crippen LogP contribution < -0.4 is 5.32 Å². The highest BCUT2D eigenvalue weighted by Gasteiger charge is 2.14. The standard InChI is InChI=1S/C13H19ClFNO/c1-3-7-17-9-13(16-4-2)11-8-10(15)5-6-12(11)14/h5-6,8,13,16H,3-4,7,9H2,1-2H3. The maximum absolute atomic E-state index is 13.2. The van der Waals surface area contributed by atoms with E-state index in [-0.39, 0.29) is 11.9 Å². The minimum absolute atomic E-state index is 0.0604. The quantitative estimate of drug-likeness (QED) is 0.756. The van der Waals surface area contributed by atoms with Gasteiger partial charge in [0, 0.05) is 11.6 Å². The molecule has 1 aromatic carbocycles. The molecule has 0 spiro atoms. The fourth-order valence-corrected chi connectivity index (χ4v) is 1.88. The number of rotatable bonds is 7. The monoisotopic (exact) mass is 259 g/mol. The lowest BCUT2D eigenvalue weighted by Crippen LogP contribution is -2.26. The maximum atomic E-state index is 13.2. The molecule has 1 unspecified atom stereocenters. The zero-order valence-corrected chi connectivity index (χ0v) is 11.1. The molecule has 1 aromatic rings. The molecule has 0 radical (unpaired) electrons. The predicted molar refractivity (Wildman–Crippen MR) is 68.9 cm³/mol. The van der Waals surface area contributed by atoms with Crippen molar-refractivity contribution in [3.8, 4) is 0 Å².